The first-order valence-corrected chi connectivity index (χ1v) is 19.5. The number of benzene rings is 3. The second-order valence-corrected chi connectivity index (χ2v) is 13.7. The summed E-state index contributed by atoms with van der Waals surface area (Å²) in [5.74, 6) is 0. The van der Waals surface area contributed by atoms with Crippen LogP contribution in [0.2, 0.25) is 0 Å². The molecule has 3 aromatic rings. The summed E-state index contributed by atoms with van der Waals surface area (Å²) < 4.78 is 13.0. The van der Waals surface area contributed by atoms with Crippen molar-refractivity contribution in [3.8, 4) is 0 Å². The van der Waals surface area contributed by atoms with Crippen molar-refractivity contribution in [1.29, 1.82) is 0 Å². The van der Waals surface area contributed by atoms with Crippen molar-refractivity contribution in [3.63, 3.8) is 0 Å². The maximum absolute atomic E-state index is 12.7. The molecule has 0 spiro atoms. The molecule has 0 heterocycles. The van der Waals surface area contributed by atoms with Crippen LogP contribution < -0.4 is 5.32 Å². The molecule has 0 saturated carbocycles. The molecule has 0 aliphatic heterocycles. The Balaban J connectivity index is 1.49. The molecule has 0 bridgehead atoms. The van der Waals surface area contributed by atoms with Gasteiger partial charge in [-0.15, -0.1) is 0 Å². The number of alkyl carbamates (subject to hydrolysis) is 1. The summed E-state index contributed by atoms with van der Waals surface area (Å²) in [5.41, 5.74) is 2.24. The number of likely N-dealkylation sites (N-methyl/N-ethyl adjacent to an activating group) is 1. The molecule has 3 aromatic carbocycles. The molecular weight excluding hydrogens is 604 g/mol. The van der Waals surface area contributed by atoms with E-state index in [0.717, 1.165) is 29.7 Å². The number of hydrogen-bond acceptors (Lipinski definition) is 4. The Morgan fingerprint density at radius 1 is 0.612 bits per heavy atom. The van der Waals surface area contributed by atoms with Crippen molar-refractivity contribution in [1.82, 2.24) is 10.2 Å². The van der Waals surface area contributed by atoms with Gasteiger partial charge in [0, 0.05) is 13.1 Å². The van der Waals surface area contributed by atoms with Crippen LogP contribution in [0.15, 0.2) is 91.0 Å². The predicted octanol–water partition coefficient (Wildman–Crippen LogP) is 11.3. The fourth-order valence-electron chi connectivity index (χ4n) is 6.82. The minimum absolute atomic E-state index is 0.249. The third-order valence-corrected chi connectivity index (χ3v) is 9.53. The van der Waals surface area contributed by atoms with E-state index in [4.69, 9.17) is 9.47 Å². The highest BCUT2D eigenvalue weighted by Gasteiger charge is 2.38. The lowest BCUT2D eigenvalue weighted by Crippen LogP contribution is -2.42. The van der Waals surface area contributed by atoms with Crippen molar-refractivity contribution in [2.24, 2.45) is 0 Å². The van der Waals surface area contributed by atoms with Gasteiger partial charge in [0.2, 0.25) is 0 Å². The van der Waals surface area contributed by atoms with Gasteiger partial charge in [0.1, 0.15) is 11.7 Å². The normalized spacial score (nSPS) is 12.2. The monoisotopic (exact) mass is 671 g/mol. The number of nitrogens with one attached hydrogen (secondary N) is 1. The molecule has 0 aliphatic rings. The summed E-state index contributed by atoms with van der Waals surface area (Å²) in [4.78, 5) is 15.0. The highest BCUT2D eigenvalue weighted by molar-refractivity contribution is 5.67. The lowest BCUT2D eigenvalue weighted by molar-refractivity contribution is -0.0496. The minimum Gasteiger partial charge on any atom is -0.442 e. The van der Waals surface area contributed by atoms with Crippen LogP contribution in [-0.4, -0.2) is 50.4 Å². The molecule has 270 valence electrons. The molecule has 3 rings (SSSR count). The highest BCUT2D eigenvalue weighted by atomic mass is 16.6. The molecule has 1 unspecified atom stereocenters. The predicted molar refractivity (Wildman–Crippen MR) is 206 cm³/mol. The Labute approximate surface area is 299 Å². The number of rotatable bonds is 27. The largest absolute Gasteiger partial charge is 0.442 e. The third kappa shape index (κ3) is 15.1. The molecule has 1 amide bonds. The molecule has 1 N–H and O–H groups in total. The molecule has 1 atom stereocenters. The Bertz CT molecular complexity index is 1120. The van der Waals surface area contributed by atoms with Crippen molar-refractivity contribution < 1.29 is 14.3 Å². The standard InChI is InChI=1S/C44H66N2O3/c1-4-6-7-8-9-10-11-12-13-14-15-16-17-18-19-29-36-46(3)37-42(49-43(47)45-5-2)38-48-44(39-30-23-20-24-31-39,40-32-25-21-26-33-40)41-34-27-22-28-35-41/h20-28,30-35,42H,4-19,29,36-38H2,1-3H3,(H,45,47). The van der Waals surface area contributed by atoms with Gasteiger partial charge in [0.25, 0.3) is 0 Å². The summed E-state index contributed by atoms with van der Waals surface area (Å²) in [6.07, 6.45) is 21.0. The van der Waals surface area contributed by atoms with E-state index in [1.165, 1.54) is 96.3 Å². The molecule has 5 nitrogen and oxygen atoms in total. The summed E-state index contributed by atoms with van der Waals surface area (Å²) in [7, 11) is 2.12. The maximum atomic E-state index is 12.7. The van der Waals surface area contributed by atoms with Gasteiger partial charge in [0.05, 0.1) is 6.61 Å². The van der Waals surface area contributed by atoms with Crippen LogP contribution in [0, 0.1) is 0 Å². The van der Waals surface area contributed by atoms with Crippen molar-refractivity contribution >= 4 is 6.09 Å². The summed E-state index contributed by atoms with van der Waals surface area (Å²) in [6, 6.07) is 31.1. The number of carbonyl (C=O) groups excluding carboxylic acids is 1. The van der Waals surface area contributed by atoms with E-state index in [2.05, 4.69) is 60.6 Å². The van der Waals surface area contributed by atoms with Crippen LogP contribution >= 0.6 is 0 Å². The first-order chi connectivity index (χ1) is 24.1. The molecule has 0 fully saturated rings. The zero-order chi connectivity index (χ0) is 34.8. The Morgan fingerprint density at radius 3 is 1.39 bits per heavy atom. The van der Waals surface area contributed by atoms with Gasteiger partial charge in [-0.25, -0.2) is 4.79 Å². The summed E-state index contributed by atoms with van der Waals surface area (Å²) in [5, 5.41) is 2.81. The minimum atomic E-state index is -0.862. The SMILES string of the molecule is CCCCCCCCCCCCCCCCCCN(C)CC(COC(c1ccccc1)(c1ccccc1)c1ccccc1)OC(=O)NCC. The molecular formula is C44H66N2O3. The van der Waals surface area contributed by atoms with E-state index in [1.54, 1.807) is 0 Å². The number of amides is 1. The number of unbranched alkanes of at least 4 members (excludes halogenated alkanes) is 15. The number of ether oxygens (including phenoxy) is 2. The third-order valence-electron chi connectivity index (χ3n) is 9.53. The van der Waals surface area contributed by atoms with Gasteiger partial charge >= 0.3 is 6.09 Å². The average Bonchev–Trinajstić information content (AvgIpc) is 3.13. The fourth-order valence-corrected chi connectivity index (χ4v) is 6.82. The molecule has 0 aliphatic carbocycles. The zero-order valence-corrected chi connectivity index (χ0v) is 31.1. The molecule has 0 radical (unpaired) electrons. The van der Waals surface area contributed by atoms with Crippen molar-refractivity contribution in [2.45, 2.75) is 128 Å². The average molecular weight is 671 g/mol. The van der Waals surface area contributed by atoms with E-state index < -0.39 is 17.8 Å². The van der Waals surface area contributed by atoms with Gasteiger partial charge in [-0.05, 0) is 43.6 Å². The van der Waals surface area contributed by atoms with Crippen LogP contribution in [-0.2, 0) is 15.1 Å². The van der Waals surface area contributed by atoms with E-state index >= 15 is 0 Å². The van der Waals surface area contributed by atoms with Crippen LogP contribution in [0.25, 0.3) is 0 Å². The fraction of sp³-hybridized carbons (Fsp3) is 0.568. The van der Waals surface area contributed by atoms with Gasteiger partial charge < -0.3 is 19.7 Å². The van der Waals surface area contributed by atoms with Gasteiger partial charge in [-0.3, -0.25) is 0 Å². The van der Waals surface area contributed by atoms with Crippen LogP contribution in [0.1, 0.15) is 133 Å². The van der Waals surface area contributed by atoms with E-state index in [0.29, 0.717) is 13.1 Å². The van der Waals surface area contributed by atoms with Crippen molar-refractivity contribution in [3.05, 3.63) is 108 Å². The Hall–Kier alpha value is -3.15. The number of hydrogen-bond donors (Lipinski definition) is 1. The van der Waals surface area contributed by atoms with Gasteiger partial charge in [-0.2, -0.15) is 0 Å². The molecule has 0 saturated heterocycles. The first kappa shape index (κ1) is 40.3. The van der Waals surface area contributed by atoms with E-state index in [1.807, 2.05) is 61.5 Å². The molecule has 0 aromatic heterocycles. The van der Waals surface area contributed by atoms with Crippen LogP contribution in [0.4, 0.5) is 4.79 Å². The maximum Gasteiger partial charge on any atom is 0.407 e. The lowest BCUT2D eigenvalue weighted by Gasteiger charge is -2.37. The van der Waals surface area contributed by atoms with Gasteiger partial charge in [-0.1, -0.05) is 194 Å². The Morgan fingerprint density at radius 2 is 1.00 bits per heavy atom. The number of nitrogens with zero attached hydrogens (tertiary/aromatic N) is 1. The quantitative estimate of drug-likeness (QED) is 0.0648. The van der Waals surface area contributed by atoms with Gasteiger partial charge in [0.15, 0.2) is 0 Å². The summed E-state index contributed by atoms with van der Waals surface area (Å²) in [6.45, 7) is 6.53. The van der Waals surface area contributed by atoms with Crippen LogP contribution in [0.5, 0.6) is 0 Å². The molecule has 5 heteroatoms. The van der Waals surface area contributed by atoms with E-state index in [9.17, 15) is 4.79 Å². The van der Waals surface area contributed by atoms with E-state index in [-0.39, 0.29) is 6.61 Å². The lowest BCUT2D eigenvalue weighted by atomic mass is 9.80. The smallest absolute Gasteiger partial charge is 0.407 e. The number of carbonyl (C=O) groups is 1. The topological polar surface area (TPSA) is 50.8 Å². The zero-order valence-electron chi connectivity index (χ0n) is 31.1. The first-order valence-electron chi connectivity index (χ1n) is 19.5. The molecule has 49 heavy (non-hydrogen) atoms. The second-order valence-electron chi connectivity index (χ2n) is 13.7. The summed E-state index contributed by atoms with van der Waals surface area (Å²) >= 11 is 0. The highest BCUT2D eigenvalue weighted by Crippen LogP contribution is 2.40. The second kappa shape index (κ2) is 24.9. The Kier molecular flexibility index (Phi) is 20.5. The van der Waals surface area contributed by atoms with Crippen LogP contribution in [0.3, 0.4) is 0 Å². The van der Waals surface area contributed by atoms with Crippen molar-refractivity contribution in [2.75, 3.05) is 33.3 Å².